The van der Waals surface area contributed by atoms with Gasteiger partial charge in [-0.2, -0.15) is 0 Å². The molecule has 0 N–H and O–H groups in total. The van der Waals surface area contributed by atoms with Crippen LogP contribution in [-0.2, 0) is 6.42 Å². The summed E-state index contributed by atoms with van der Waals surface area (Å²) in [6.07, 6.45) is 0.885. The molecule has 0 amide bonds. The van der Waals surface area contributed by atoms with Gasteiger partial charge in [0.1, 0.15) is 11.5 Å². The molecule has 0 saturated heterocycles. The second-order valence-electron chi connectivity index (χ2n) is 5.47. The van der Waals surface area contributed by atoms with E-state index in [4.69, 9.17) is 21.1 Å². The summed E-state index contributed by atoms with van der Waals surface area (Å²) >= 11 is 6.80. The zero-order valence-corrected chi connectivity index (χ0v) is 15.5. The highest BCUT2D eigenvalue weighted by Crippen LogP contribution is 2.30. The average molecular weight is 385 g/mol. The van der Waals surface area contributed by atoms with Crippen LogP contribution in [0.4, 0.5) is 4.79 Å². The summed E-state index contributed by atoms with van der Waals surface area (Å²) in [5.74, 6) is 1.28. The number of hydrogen-bond donors (Lipinski definition) is 0. The van der Waals surface area contributed by atoms with E-state index in [2.05, 4.69) is 12.1 Å². The maximum Gasteiger partial charge on any atom is 0.409 e. The second-order valence-corrected chi connectivity index (χ2v) is 6.92. The molecule has 3 aromatic carbocycles. The van der Waals surface area contributed by atoms with Gasteiger partial charge in [0.05, 0.1) is 6.61 Å². The third kappa shape index (κ3) is 5.83. The molecule has 0 fully saturated rings. The Labute approximate surface area is 161 Å². The molecule has 132 valence electrons. The molecule has 26 heavy (non-hydrogen) atoms. The Morgan fingerprint density at radius 2 is 1.38 bits per heavy atom. The molecular formula is C21H17ClO3S. The fraction of sp³-hybridized carbons (Fsp3) is 0.0952. The van der Waals surface area contributed by atoms with Crippen molar-refractivity contribution in [2.45, 2.75) is 16.2 Å². The maximum absolute atomic E-state index is 10.7. The standard InChI is InChI=1S/C21H17ClO3S/c22-21(23)25-18-8-12-20(13-9-18)26-19-10-6-17(7-11-19)24-15-14-16-4-2-1-3-5-16/h1-13H,14-15H2. The monoisotopic (exact) mass is 384 g/mol. The van der Waals surface area contributed by atoms with Crippen LogP contribution in [0.15, 0.2) is 88.7 Å². The first-order valence-electron chi connectivity index (χ1n) is 8.11. The van der Waals surface area contributed by atoms with Crippen molar-refractivity contribution in [1.29, 1.82) is 0 Å². The Kier molecular flexibility index (Phi) is 6.58. The Balaban J connectivity index is 1.50. The smallest absolute Gasteiger partial charge is 0.409 e. The van der Waals surface area contributed by atoms with Crippen molar-refractivity contribution in [1.82, 2.24) is 0 Å². The van der Waals surface area contributed by atoms with Crippen LogP contribution in [0.25, 0.3) is 0 Å². The lowest BCUT2D eigenvalue weighted by molar-refractivity contribution is 0.225. The van der Waals surface area contributed by atoms with E-state index in [0.29, 0.717) is 12.4 Å². The average Bonchev–Trinajstić information content (AvgIpc) is 2.65. The summed E-state index contributed by atoms with van der Waals surface area (Å²) in [6, 6.07) is 25.4. The molecule has 0 saturated carbocycles. The molecule has 0 aliphatic rings. The van der Waals surface area contributed by atoms with E-state index < -0.39 is 5.43 Å². The van der Waals surface area contributed by atoms with E-state index in [-0.39, 0.29) is 0 Å². The van der Waals surface area contributed by atoms with E-state index in [1.807, 2.05) is 54.6 Å². The Morgan fingerprint density at radius 3 is 1.96 bits per heavy atom. The number of rotatable bonds is 7. The molecule has 0 radical (unpaired) electrons. The van der Waals surface area contributed by atoms with Crippen LogP contribution in [0.5, 0.6) is 11.5 Å². The largest absolute Gasteiger partial charge is 0.493 e. The fourth-order valence-corrected chi connectivity index (χ4v) is 3.25. The van der Waals surface area contributed by atoms with Crippen LogP contribution in [0.1, 0.15) is 5.56 Å². The van der Waals surface area contributed by atoms with Gasteiger partial charge in [-0.05, 0) is 54.1 Å². The molecule has 0 aliphatic carbocycles. The normalized spacial score (nSPS) is 10.3. The summed E-state index contributed by atoms with van der Waals surface area (Å²) in [7, 11) is 0. The molecule has 0 aromatic heterocycles. The zero-order valence-electron chi connectivity index (χ0n) is 13.9. The molecule has 0 unspecified atom stereocenters. The summed E-state index contributed by atoms with van der Waals surface area (Å²) in [6.45, 7) is 0.650. The minimum absolute atomic E-state index is 0.427. The quantitative estimate of drug-likeness (QED) is 0.454. The van der Waals surface area contributed by atoms with Crippen molar-refractivity contribution in [3.63, 3.8) is 0 Å². The predicted octanol–water partition coefficient (Wildman–Crippen LogP) is 6.20. The summed E-state index contributed by atoms with van der Waals surface area (Å²) in [5.41, 5.74) is 0.427. The van der Waals surface area contributed by atoms with Crippen molar-refractivity contribution < 1.29 is 14.3 Å². The zero-order chi connectivity index (χ0) is 18.2. The topological polar surface area (TPSA) is 35.5 Å². The summed E-state index contributed by atoms with van der Waals surface area (Å²) < 4.78 is 10.6. The van der Waals surface area contributed by atoms with E-state index in [1.54, 1.807) is 23.9 Å². The first-order valence-corrected chi connectivity index (χ1v) is 9.30. The maximum atomic E-state index is 10.7. The van der Waals surface area contributed by atoms with Crippen molar-refractivity contribution >= 4 is 28.8 Å². The van der Waals surface area contributed by atoms with Gasteiger partial charge in [-0.25, -0.2) is 4.79 Å². The number of halogens is 1. The molecule has 0 bridgehead atoms. The number of carbonyl (C=O) groups excluding carboxylic acids is 1. The van der Waals surface area contributed by atoms with Gasteiger partial charge < -0.3 is 9.47 Å². The van der Waals surface area contributed by atoms with Gasteiger partial charge in [0.15, 0.2) is 0 Å². The molecule has 3 rings (SSSR count). The summed E-state index contributed by atoms with van der Waals surface area (Å²) in [5, 5.41) is 0. The SMILES string of the molecule is O=C(Cl)Oc1ccc(Sc2ccc(OCCc3ccccc3)cc2)cc1. The lowest BCUT2D eigenvalue weighted by Crippen LogP contribution is -2.00. The van der Waals surface area contributed by atoms with E-state index in [0.717, 1.165) is 22.0 Å². The molecule has 0 spiro atoms. The van der Waals surface area contributed by atoms with Gasteiger partial charge in [-0.3, -0.25) is 0 Å². The predicted molar refractivity (Wildman–Crippen MR) is 105 cm³/mol. The van der Waals surface area contributed by atoms with Gasteiger partial charge >= 0.3 is 5.43 Å². The minimum atomic E-state index is -0.840. The lowest BCUT2D eigenvalue weighted by Gasteiger charge is -2.08. The van der Waals surface area contributed by atoms with Gasteiger partial charge in [0.2, 0.25) is 0 Å². The molecule has 3 nitrogen and oxygen atoms in total. The second kappa shape index (κ2) is 9.32. The molecule has 0 aliphatic heterocycles. The number of carbonyl (C=O) groups is 1. The third-order valence-corrected chi connectivity index (χ3v) is 4.68. The van der Waals surface area contributed by atoms with Crippen LogP contribution in [0.2, 0.25) is 0 Å². The van der Waals surface area contributed by atoms with Gasteiger partial charge in [-0.15, -0.1) is 0 Å². The highest BCUT2D eigenvalue weighted by molar-refractivity contribution is 7.99. The first kappa shape index (κ1) is 18.4. The Hall–Kier alpha value is -2.43. The van der Waals surface area contributed by atoms with Crippen LogP contribution in [0, 0.1) is 0 Å². The highest BCUT2D eigenvalue weighted by Gasteiger charge is 2.02. The minimum Gasteiger partial charge on any atom is -0.493 e. The van der Waals surface area contributed by atoms with Gasteiger partial charge in [0.25, 0.3) is 0 Å². The molecule has 3 aromatic rings. The molecule has 0 heterocycles. The van der Waals surface area contributed by atoms with E-state index >= 15 is 0 Å². The fourth-order valence-electron chi connectivity index (χ4n) is 2.34. The molecular weight excluding hydrogens is 368 g/mol. The van der Waals surface area contributed by atoms with Crippen molar-refractivity contribution in [3.8, 4) is 11.5 Å². The molecule has 0 atom stereocenters. The van der Waals surface area contributed by atoms with Crippen molar-refractivity contribution in [3.05, 3.63) is 84.4 Å². The third-order valence-electron chi connectivity index (χ3n) is 3.58. The summed E-state index contributed by atoms with van der Waals surface area (Å²) in [4.78, 5) is 12.8. The van der Waals surface area contributed by atoms with E-state index in [9.17, 15) is 4.79 Å². The van der Waals surface area contributed by atoms with Crippen LogP contribution < -0.4 is 9.47 Å². The van der Waals surface area contributed by atoms with E-state index in [1.165, 1.54) is 5.56 Å². The molecule has 5 heteroatoms. The van der Waals surface area contributed by atoms with Crippen LogP contribution in [-0.4, -0.2) is 12.0 Å². The Morgan fingerprint density at radius 1 is 0.808 bits per heavy atom. The van der Waals surface area contributed by atoms with Crippen LogP contribution in [0.3, 0.4) is 0 Å². The highest BCUT2D eigenvalue weighted by atomic mass is 35.5. The number of hydrogen-bond acceptors (Lipinski definition) is 4. The van der Waals surface area contributed by atoms with Crippen LogP contribution >= 0.6 is 23.4 Å². The lowest BCUT2D eigenvalue weighted by atomic mass is 10.2. The van der Waals surface area contributed by atoms with Crippen molar-refractivity contribution in [2.24, 2.45) is 0 Å². The number of ether oxygens (including phenoxy) is 2. The number of benzene rings is 3. The van der Waals surface area contributed by atoms with Gasteiger partial charge in [0, 0.05) is 27.8 Å². The Bertz CT molecular complexity index is 833. The van der Waals surface area contributed by atoms with Crippen molar-refractivity contribution in [2.75, 3.05) is 6.61 Å². The van der Waals surface area contributed by atoms with Gasteiger partial charge in [-0.1, -0.05) is 42.1 Å². The first-order chi connectivity index (χ1) is 12.7.